The summed E-state index contributed by atoms with van der Waals surface area (Å²) in [5.41, 5.74) is 4.04. The first kappa shape index (κ1) is 12.6. The van der Waals surface area contributed by atoms with Crippen molar-refractivity contribution in [1.82, 2.24) is 15.2 Å². The van der Waals surface area contributed by atoms with E-state index < -0.39 is 0 Å². The molecule has 0 spiro atoms. The Morgan fingerprint density at radius 1 is 1.20 bits per heavy atom. The van der Waals surface area contributed by atoms with E-state index in [1.165, 1.54) is 12.1 Å². The van der Waals surface area contributed by atoms with Crippen molar-refractivity contribution < 1.29 is 4.39 Å². The lowest BCUT2D eigenvalue weighted by molar-refractivity contribution is 0.627. The third-order valence-electron chi connectivity index (χ3n) is 3.59. The third kappa shape index (κ3) is 2.01. The number of nitrogens with one attached hydrogen (secondary N) is 2. The Labute approximate surface area is 114 Å². The Morgan fingerprint density at radius 2 is 1.90 bits per heavy atom. The van der Waals surface area contributed by atoms with Crippen LogP contribution in [0.5, 0.6) is 0 Å². The Bertz CT molecular complexity index is 831. The van der Waals surface area contributed by atoms with Crippen molar-refractivity contribution in [2.24, 2.45) is 0 Å². The number of aromatic amines is 2. The van der Waals surface area contributed by atoms with Crippen LogP contribution in [0.2, 0.25) is 0 Å². The molecule has 3 aromatic rings. The molecule has 0 bridgehead atoms. The van der Waals surface area contributed by atoms with Crippen LogP contribution in [0.25, 0.3) is 10.9 Å². The molecule has 0 aliphatic carbocycles. The lowest BCUT2D eigenvalue weighted by Crippen LogP contribution is -2.11. The van der Waals surface area contributed by atoms with E-state index >= 15 is 0 Å². The Kier molecular flexibility index (Phi) is 2.89. The first-order valence-corrected chi connectivity index (χ1v) is 6.37. The van der Waals surface area contributed by atoms with Gasteiger partial charge in [0.15, 0.2) is 0 Å². The first-order chi connectivity index (χ1) is 9.56. The van der Waals surface area contributed by atoms with Gasteiger partial charge in [-0.15, -0.1) is 0 Å². The number of halogens is 1. The average molecular weight is 271 g/mol. The molecule has 3 rings (SSSR count). The lowest BCUT2D eigenvalue weighted by atomic mass is 10.0. The van der Waals surface area contributed by atoms with E-state index in [0.717, 1.165) is 27.9 Å². The van der Waals surface area contributed by atoms with Gasteiger partial charge in [-0.1, -0.05) is 12.1 Å². The molecule has 0 amide bonds. The van der Waals surface area contributed by atoms with E-state index in [0.29, 0.717) is 11.9 Å². The van der Waals surface area contributed by atoms with Crippen molar-refractivity contribution >= 4 is 10.9 Å². The Hall–Kier alpha value is -2.43. The molecule has 0 saturated heterocycles. The summed E-state index contributed by atoms with van der Waals surface area (Å²) in [7, 11) is 0. The number of hydrogen-bond donors (Lipinski definition) is 2. The average Bonchev–Trinajstić information content (AvgIpc) is 2.73. The molecule has 0 radical (unpaired) electrons. The molecule has 0 fully saturated rings. The molecule has 0 aliphatic heterocycles. The minimum absolute atomic E-state index is 0.223. The van der Waals surface area contributed by atoms with Gasteiger partial charge in [0.2, 0.25) is 0 Å². The lowest BCUT2D eigenvalue weighted by Gasteiger charge is -2.03. The van der Waals surface area contributed by atoms with E-state index in [-0.39, 0.29) is 11.4 Å². The van der Waals surface area contributed by atoms with E-state index in [2.05, 4.69) is 15.2 Å². The zero-order chi connectivity index (χ0) is 14.3. The molecule has 2 N–H and O–H groups in total. The summed E-state index contributed by atoms with van der Waals surface area (Å²) in [5.74, 6) is -0.262. The minimum Gasteiger partial charge on any atom is -0.354 e. The van der Waals surface area contributed by atoms with Crippen LogP contribution in [0.4, 0.5) is 4.39 Å². The van der Waals surface area contributed by atoms with Crippen LogP contribution in [0, 0.1) is 19.7 Å². The highest BCUT2D eigenvalue weighted by Crippen LogP contribution is 2.22. The standard InChI is InChI=1S/C15H14FN3O/c1-8-9(2)17-14-13(8)12(18-19-15(14)20)7-10-3-5-11(16)6-4-10/h3-6,17H,7H2,1-2H3,(H,19,20). The largest absolute Gasteiger partial charge is 0.354 e. The maximum Gasteiger partial charge on any atom is 0.288 e. The van der Waals surface area contributed by atoms with E-state index in [9.17, 15) is 9.18 Å². The first-order valence-electron chi connectivity index (χ1n) is 6.37. The number of aryl methyl sites for hydroxylation is 2. The minimum atomic E-state index is -0.262. The van der Waals surface area contributed by atoms with Crippen LogP contribution in [-0.2, 0) is 6.42 Å². The molecule has 20 heavy (non-hydrogen) atoms. The van der Waals surface area contributed by atoms with Crippen LogP contribution in [0.1, 0.15) is 22.5 Å². The number of rotatable bonds is 2. The molecule has 4 nitrogen and oxygen atoms in total. The van der Waals surface area contributed by atoms with Gasteiger partial charge in [0.05, 0.1) is 5.69 Å². The maximum absolute atomic E-state index is 12.9. The number of benzene rings is 1. The highest BCUT2D eigenvalue weighted by Gasteiger charge is 2.13. The predicted molar refractivity (Wildman–Crippen MR) is 75.4 cm³/mol. The van der Waals surface area contributed by atoms with Gasteiger partial charge in [0.1, 0.15) is 11.3 Å². The number of H-pyrrole nitrogens is 2. The summed E-state index contributed by atoms with van der Waals surface area (Å²) >= 11 is 0. The van der Waals surface area contributed by atoms with Crippen LogP contribution in [-0.4, -0.2) is 15.2 Å². The van der Waals surface area contributed by atoms with Crippen LogP contribution in [0.15, 0.2) is 29.1 Å². The maximum atomic E-state index is 12.9. The number of fused-ring (bicyclic) bond motifs is 1. The van der Waals surface area contributed by atoms with E-state index in [1.807, 2.05) is 13.8 Å². The molecule has 0 unspecified atom stereocenters. The molecule has 2 aromatic heterocycles. The highest BCUT2D eigenvalue weighted by molar-refractivity contribution is 5.85. The van der Waals surface area contributed by atoms with Crippen molar-refractivity contribution in [3.63, 3.8) is 0 Å². The van der Waals surface area contributed by atoms with Crippen molar-refractivity contribution in [3.8, 4) is 0 Å². The second kappa shape index (κ2) is 4.59. The van der Waals surface area contributed by atoms with Gasteiger partial charge in [0, 0.05) is 17.5 Å². The van der Waals surface area contributed by atoms with E-state index in [4.69, 9.17) is 0 Å². The van der Waals surface area contributed by atoms with Crippen LogP contribution >= 0.6 is 0 Å². The normalized spacial score (nSPS) is 11.2. The van der Waals surface area contributed by atoms with Gasteiger partial charge in [0.25, 0.3) is 5.56 Å². The molecular weight excluding hydrogens is 257 g/mol. The summed E-state index contributed by atoms with van der Waals surface area (Å²) < 4.78 is 12.9. The van der Waals surface area contributed by atoms with Crippen molar-refractivity contribution in [2.75, 3.05) is 0 Å². The summed E-state index contributed by atoms with van der Waals surface area (Å²) in [5, 5.41) is 7.51. The quantitative estimate of drug-likeness (QED) is 0.752. The number of hydrogen-bond acceptors (Lipinski definition) is 2. The molecule has 0 aliphatic rings. The topological polar surface area (TPSA) is 61.5 Å². The summed E-state index contributed by atoms with van der Waals surface area (Å²) in [6.07, 6.45) is 0.547. The van der Waals surface area contributed by atoms with Gasteiger partial charge in [-0.3, -0.25) is 4.79 Å². The van der Waals surface area contributed by atoms with Crippen molar-refractivity contribution in [3.05, 3.63) is 63.0 Å². The molecule has 0 atom stereocenters. The summed E-state index contributed by atoms with van der Waals surface area (Å²) in [6.45, 7) is 3.89. The zero-order valence-corrected chi connectivity index (χ0v) is 11.2. The fraction of sp³-hybridized carbons (Fsp3) is 0.200. The van der Waals surface area contributed by atoms with Crippen LogP contribution in [0.3, 0.4) is 0 Å². The fourth-order valence-corrected chi connectivity index (χ4v) is 2.40. The summed E-state index contributed by atoms with van der Waals surface area (Å²) in [4.78, 5) is 14.9. The van der Waals surface area contributed by atoms with Gasteiger partial charge in [-0.05, 0) is 37.1 Å². The van der Waals surface area contributed by atoms with Crippen molar-refractivity contribution in [2.45, 2.75) is 20.3 Å². The monoisotopic (exact) mass is 271 g/mol. The van der Waals surface area contributed by atoms with Gasteiger partial charge in [-0.25, -0.2) is 9.49 Å². The van der Waals surface area contributed by atoms with Gasteiger partial charge in [-0.2, -0.15) is 5.10 Å². The van der Waals surface area contributed by atoms with E-state index in [1.54, 1.807) is 12.1 Å². The second-order valence-corrected chi connectivity index (χ2v) is 4.93. The van der Waals surface area contributed by atoms with Crippen molar-refractivity contribution in [1.29, 1.82) is 0 Å². The molecule has 2 heterocycles. The molecular formula is C15H14FN3O. The molecule has 5 heteroatoms. The molecule has 1 aromatic carbocycles. The Balaban J connectivity index is 2.14. The highest BCUT2D eigenvalue weighted by atomic mass is 19.1. The smallest absolute Gasteiger partial charge is 0.288 e. The van der Waals surface area contributed by atoms with Gasteiger partial charge < -0.3 is 4.98 Å². The number of nitrogens with zero attached hydrogens (tertiary/aromatic N) is 1. The molecule has 102 valence electrons. The fourth-order valence-electron chi connectivity index (χ4n) is 2.40. The Morgan fingerprint density at radius 3 is 2.60 bits per heavy atom. The summed E-state index contributed by atoms with van der Waals surface area (Å²) in [6, 6.07) is 6.30. The molecule has 0 saturated carbocycles. The van der Waals surface area contributed by atoms with Crippen LogP contribution < -0.4 is 5.56 Å². The predicted octanol–water partition coefficient (Wildman–Crippen LogP) is 2.60. The second-order valence-electron chi connectivity index (χ2n) is 4.93. The zero-order valence-electron chi connectivity index (χ0n) is 11.2. The van der Waals surface area contributed by atoms with Gasteiger partial charge >= 0.3 is 0 Å². The SMILES string of the molecule is Cc1[nH]c2c(=O)[nH]nc(Cc3ccc(F)cc3)c2c1C. The third-order valence-corrected chi connectivity index (χ3v) is 3.59. The number of aromatic nitrogens is 3.